The first-order chi connectivity index (χ1) is 14.6. The van der Waals surface area contributed by atoms with Crippen LogP contribution in [0.2, 0.25) is 0 Å². The number of aromatic nitrogens is 1. The molecule has 0 bridgehead atoms. The molecule has 8 heteroatoms. The van der Waals surface area contributed by atoms with Crippen molar-refractivity contribution in [3.05, 3.63) is 64.6 Å². The van der Waals surface area contributed by atoms with Crippen LogP contribution in [0.25, 0.3) is 10.9 Å². The van der Waals surface area contributed by atoms with Crippen LogP contribution >= 0.6 is 0 Å². The first-order valence-electron chi connectivity index (χ1n) is 9.83. The number of hydrogen-bond donors (Lipinski definition) is 2. The third-order valence-electron chi connectivity index (χ3n) is 5.66. The van der Waals surface area contributed by atoms with Gasteiger partial charge in [-0.05, 0) is 43.0 Å². The van der Waals surface area contributed by atoms with Crippen molar-refractivity contribution in [1.29, 1.82) is 0 Å². The van der Waals surface area contributed by atoms with Gasteiger partial charge < -0.3 is 10.2 Å². The highest BCUT2D eigenvalue weighted by Crippen LogP contribution is 2.40. The van der Waals surface area contributed by atoms with Gasteiger partial charge in [0.2, 0.25) is 0 Å². The third-order valence-corrected chi connectivity index (χ3v) is 5.66. The van der Waals surface area contributed by atoms with Crippen LogP contribution in [0.3, 0.4) is 0 Å². The van der Waals surface area contributed by atoms with Crippen LogP contribution in [-0.4, -0.2) is 26.7 Å². The van der Waals surface area contributed by atoms with E-state index in [4.69, 9.17) is 0 Å². The van der Waals surface area contributed by atoms with Gasteiger partial charge in [-0.3, -0.25) is 14.2 Å². The summed E-state index contributed by atoms with van der Waals surface area (Å²) < 4.78 is 43.9. The van der Waals surface area contributed by atoms with E-state index >= 15 is 4.39 Å². The number of aliphatic carboxylic acids is 1. The molecule has 1 aromatic heterocycles. The molecule has 0 amide bonds. The van der Waals surface area contributed by atoms with Gasteiger partial charge in [0.25, 0.3) is 5.91 Å². The van der Waals surface area contributed by atoms with E-state index < -0.39 is 41.0 Å². The summed E-state index contributed by atoms with van der Waals surface area (Å²) in [6, 6.07) is 5.57. The fourth-order valence-electron chi connectivity index (χ4n) is 3.86. The van der Waals surface area contributed by atoms with Crippen LogP contribution in [0.1, 0.15) is 54.2 Å². The van der Waals surface area contributed by atoms with E-state index in [0.29, 0.717) is 6.42 Å². The van der Waals surface area contributed by atoms with Crippen molar-refractivity contribution in [2.24, 2.45) is 5.92 Å². The van der Waals surface area contributed by atoms with Gasteiger partial charge in [-0.15, -0.1) is 0 Å². The minimum Gasteiger partial charge on any atom is -0.503 e. The van der Waals surface area contributed by atoms with Crippen LogP contribution in [-0.2, 0) is 4.79 Å². The summed E-state index contributed by atoms with van der Waals surface area (Å²) in [5, 5.41) is 19.4. The molecule has 0 saturated heterocycles. The lowest BCUT2D eigenvalue weighted by Crippen LogP contribution is -2.18. The number of carbonyl (C=O) groups is 2. The van der Waals surface area contributed by atoms with Crippen molar-refractivity contribution in [2.45, 2.75) is 39.5 Å². The Morgan fingerprint density at radius 1 is 1.16 bits per heavy atom. The van der Waals surface area contributed by atoms with Gasteiger partial charge in [-0.1, -0.05) is 26.3 Å². The Morgan fingerprint density at radius 2 is 1.84 bits per heavy atom. The zero-order valence-electron chi connectivity index (χ0n) is 17.2. The highest BCUT2D eigenvalue weighted by Gasteiger charge is 2.33. The van der Waals surface area contributed by atoms with Crippen molar-refractivity contribution < 1.29 is 33.0 Å². The molecule has 164 valence electrons. The number of rotatable bonds is 6. The minimum atomic E-state index is -1.34. The summed E-state index contributed by atoms with van der Waals surface area (Å²) in [4.78, 5) is 25.3. The number of halogens is 3. The fraction of sp³-hybridized carbons (Fsp3) is 0.304. The van der Waals surface area contributed by atoms with E-state index in [2.05, 4.69) is 0 Å². The van der Waals surface area contributed by atoms with E-state index in [0.717, 1.165) is 22.8 Å². The highest BCUT2D eigenvalue weighted by atomic mass is 19.1. The monoisotopic (exact) mass is 433 g/mol. The molecule has 0 spiro atoms. The van der Waals surface area contributed by atoms with Crippen LogP contribution < -0.4 is 0 Å². The number of nitrogens with zero attached hydrogens (tertiary/aromatic N) is 1. The molecule has 3 rings (SSSR count). The number of fused-ring (bicyclic) bond motifs is 1. The molecule has 0 fully saturated rings. The molecule has 1 unspecified atom stereocenters. The largest absolute Gasteiger partial charge is 0.503 e. The Morgan fingerprint density at radius 3 is 2.42 bits per heavy atom. The normalized spacial score (nSPS) is 13.4. The van der Waals surface area contributed by atoms with Crippen molar-refractivity contribution in [3.8, 4) is 5.75 Å². The Balaban J connectivity index is 2.38. The maximum Gasteiger partial charge on any atom is 0.311 e. The molecule has 3 aromatic rings. The molecule has 2 aromatic carbocycles. The van der Waals surface area contributed by atoms with E-state index in [-0.39, 0.29) is 40.1 Å². The summed E-state index contributed by atoms with van der Waals surface area (Å²) in [7, 11) is 0. The molecule has 31 heavy (non-hydrogen) atoms. The molecule has 2 atom stereocenters. The molecule has 0 aliphatic carbocycles. The summed E-state index contributed by atoms with van der Waals surface area (Å²) in [6.07, 6.45) is 0.823. The van der Waals surface area contributed by atoms with Gasteiger partial charge in [-0.2, -0.15) is 0 Å². The standard InChI is InChI=1S/C23H22F3NO4/c1-4-11(2)8-15(23(30)31)18-12(3)27(22(29)13-6-5-7-14(24)9-13)17-10-16(25)21(28)20(26)19(17)18/h5-7,9-11,15,28H,4,8H2,1-3H3,(H,30,31)/t11?,15-/m0/s1. The topological polar surface area (TPSA) is 79.5 Å². The molecule has 1 heterocycles. The second kappa shape index (κ2) is 8.45. The van der Waals surface area contributed by atoms with Crippen molar-refractivity contribution in [1.82, 2.24) is 4.57 Å². The maximum absolute atomic E-state index is 15.0. The Kier molecular flexibility index (Phi) is 6.10. The van der Waals surface area contributed by atoms with Gasteiger partial charge in [0.05, 0.1) is 11.4 Å². The summed E-state index contributed by atoms with van der Waals surface area (Å²) >= 11 is 0. The number of phenols is 1. The average Bonchev–Trinajstić information content (AvgIpc) is 3.00. The average molecular weight is 433 g/mol. The van der Waals surface area contributed by atoms with E-state index in [1.54, 1.807) is 0 Å². The second-order valence-electron chi connectivity index (χ2n) is 7.71. The van der Waals surface area contributed by atoms with Gasteiger partial charge >= 0.3 is 5.97 Å². The molecular formula is C23H22F3NO4. The van der Waals surface area contributed by atoms with E-state index in [9.17, 15) is 28.6 Å². The highest BCUT2D eigenvalue weighted by molar-refractivity contribution is 6.05. The number of aromatic hydroxyl groups is 1. The molecule has 0 aliphatic heterocycles. The Hall–Kier alpha value is -3.29. The first kappa shape index (κ1) is 22.4. The zero-order valence-corrected chi connectivity index (χ0v) is 17.2. The lowest BCUT2D eigenvalue weighted by Gasteiger charge is -2.18. The van der Waals surface area contributed by atoms with Crippen LogP contribution in [0.5, 0.6) is 5.75 Å². The second-order valence-corrected chi connectivity index (χ2v) is 7.71. The van der Waals surface area contributed by atoms with Crippen LogP contribution in [0.4, 0.5) is 13.2 Å². The number of phenolic OH excluding ortho intramolecular Hbond substituents is 1. The van der Waals surface area contributed by atoms with Crippen LogP contribution in [0.15, 0.2) is 30.3 Å². The SMILES string of the molecule is CCC(C)C[C@H](C(=O)O)c1c(C)n(C(=O)c2cccc(F)c2)c2cc(F)c(O)c(F)c12. The molecular weight excluding hydrogens is 411 g/mol. The lowest BCUT2D eigenvalue weighted by molar-refractivity contribution is -0.139. The fourth-order valence-corrected chi connectivity index (χ4v) is 3.86. The number of carboxylic acids is 1. The summed E-state index contributed by atoms with van der Waals surface area (Å²) in [5.41, 5.74) is -0.233. The summed E-state index contributed by atoms with van der Waals surface area (Å²) in [5.74, 6) is -7.79. The van der Waals surface area contributed by atoms with Gasteiger partial charge in [0, 0.05) is 22.7 Å². The van der Waals surface area contributed by atoms with Crippen LogP contribution in [0, 0.1) is 30.3 Å². The maximum atomic E-state index is 15.0. The molecule has 2 N–H and O–H groups in total. The molecule has 5 nitrogen and oxygen atoms in total. The minimum absolute atomic E-state index is 0.0136. The molecule has 0 aliphatic rings. The number of hydrogen-bond acceptors (Lipinski definition) is 3. The Labute approximate surface area is 176 Å². The molecule has 0 radical (unpaired) electrons. The number of carbonyl (C=O) groups excluding carboxylic acids is 1. The zero-order chi connectivity index (χ0) is 23.0. The van der Waals surface area contributed by atoms with E-state index in [1.165, 1.54) is 19.1 Å². The smallest absolute Gasteiger partial charge is 0.311 e. The predicted molar refractivity (Wildman–Crippen MR) is 109 cm³/mol. The van der Waals surface area contributed by atoms with Crippen molar-refractivity contribution in [3.63, 3.8) is 0 Å². The third kappa shape index (κ3) is 3.89. The summed E-state index contributed by atoms with van der Waals surface area (Å²) in [6.45, 7) is 5.15. The predicted octanol–water partition coefficient (Wildman–Crippen LogP) is 5.37. The Bertz CT molecular complexity index is 1190. The quantitative estimate of drug-likeness (QED) is 0.548. The molecule has 0 saturated carbocycles. The van der Waals surface area contributed by atoms with Gasteiger partial charge in [0.15, 0.2) is 17.4 Å². The number of carboxylic acid groups (broad SMARTS) is 1. The van der Waals surface area contributed by atoms with Gasteiger partial charge in [-0.25, -0.2) is 13.2 Å². The van der Waals surface area contributed by atoms with Gasteiger partial charge in [0.1, 0.15) is 5.82 Å². The van der Waals surface area contributed by atoms with Crippen molar-refractivity contribution in [2.75, 3.05) is 0 Å². The first-order valence-corrected chi connectivity index (χ1v) is 9.83. The number of benzene rings is 2. The van der Waals surface area contributed by atoms with E-state index in [1.807, 2.05) is 13.8 Å². The lowest BCUT2D eigenvalue weighted by atomic mass is 9.86. The van der Waals surface area contributed by atoms with Crippen molar-refractivity contribution >= 4 is 22.8 Å².